The van der Waals surface area contributed by atoms with Crippen molar-refractivity contribution in [1.29, 1.82) is 0 Å². The van der Waals surface area contributed by atoms with Crippen molar-refractivity contribution < 1.29 is 164 Å². The maximum atomic E-state index is 15.1. The molecule has 0 saturated carbocycles. The van der Waals surface area contributed by atoms with Crippen LogP contribution in [0.5, 0.6) is 5.75 Å². The summed E-state index contributed by atoms with van der Waals surface area (Å²) >= 11 is 0. The van der Waals surface area contributed by atoms with E-state index in [2.05, 4.69) is 21.3 Å². The first-order valence-corrected chi connectivity index (χ1v) is 48.4. The lowest BCUT2D eigenvalue weighted by atomic mass is 9.83. The monoisotopic (exact) mass is 1990 g/mol. The fourth-order valence-electron chi connectivity index (χ4n) is 16.3. The minimum atomic E-state index is -2.10. The van der Waals surface area contributed by atoms with Gasteiger partial charge in [0.25, 0.3) is 11.8 Å². The van der Waals surface area contributed by atoms with Gasteiger partial charge in [-0.3, -0.25) is 52.8 Å². The second-order valence-corrected chi connectivity index (χ2v) is 35.3. The van der Waals surface area contributed by atoms with E-state index in [1.54, 1.807) is 58.6 Å². The molecule has 2 aromatic carbocycles. The highest BCUT2D eigenvalue weighted by atomic mass is 16.7. The number of amides is 9. The molecule has 794 valence electrons. The number of nitrogens with zero attached hydrogens (tertiary/aromatic N) is 4. The predicted molar refractivity (Wildman–Crippen MR) is 507 cm³/mol. The fraction of sp³-hybridized carbons (Fsp3) is 0.732. The quantitative estimate of drug-likeness (QED) is 0.0336. The molecule has 0 unspecified atom stereocenters. The van der Waals surface area contributed by atoms with Crippen LogP contribution in [0.15, 0.2) is 60.7 Å². The number of likely N-dealkylation sites (N-methyl/N-ethyl adjacent to an activating group) is 2. The van der Waals surface area contributed by atoms with Crippen molar-refractivity contribution in [2.75, 3.05) is 219 Å². The van der Waals surface area contributed by atoms with Gasteiger partial charge in [0, 0.05) is 111 Å². The maximum Gasteiger partial charge on any atom is 0.410 e. The number of methoxy groups -OCH3 is 3. The number of ether oxygens (including phenoxy) is 17. The molecule has 11 N–H and O–H groups in total. The van der Waals surface area contributed by atoms with Gasteiger partial charge in [0.05, 0.1) is 201 Å². The number of carboxylic acid groups (broad SMARTS) is 1. The summed E-state index contributed by atoms with van der Waals surface area (Å²) in [6.07, 6.45) is -10.3. The van der Waals surface area contributed by atoms with Crippen molar-refractivity contribution in [2.24, 2.45) is 41.2 Å². The summed E-state index contributed by atoms with van der Waals surface area (Å²) in [5.74, 6) is -10.9. The lowest BCUT2D eigenvalue weighted by Crippen LogP contribution is -2.61. The molecule has 0 spiro atoms. The zero-order valence-electron chi connectivity index (χ0n) is 83.8. The fourth-order valence-corrected chi connectivity index (χ4v) is 16.3. The first-order chi connectivity index (χ1) is 67.2. The number of benzene rings is 2. The number of likely N-dealkylation sites (tertiary alicyclic amines) is 1. The minimum Gasteiger partial charge on any atom is -0.479 e. The topological polar surface area (TPSA) is 550 Å². The van der Waals surface area contributed by atoms with E-state index in [1.165, 1.54) is 39.5 Å². The van der Waals surface area contributed by atoms with E-state index in [-0.39, 0.29) is 105 Å². The van der Waals surface area contributed by atoms with Gasteiger partial charge in [-0.1, -0.05) is 98.2 Å². The summed E-state index contributed by atoms with van der Waals surface area (Å²) in [5, 5.41) is 63.6. The summed E-state index contributed by atoms with van der Waals surface area (Å²) in [6.45, 7) is 22.9. The Morgan fingerprint density at radius 2 is 1.11 bits per heavy atom. The van der Waals surface area contributed by atoms with Crippen LogP contribution in [0, 0.1) is 35.5 Å². The Labute approximate surface area is 821 Å². The summed E-state index contributed by atoms with van der Waals surface area (Å²) in [6, 6.07) is 7.84. The average molecular weight is 1990 g/mol. The van der Waals surface area contributed by atoms with Crippen LogP contribution in [0.1, 0.15) is 143 Å². The lowest BCUT2D eigenvalue weighted by molar-refractivity contribution is -0.271. The number of anilines is 1. The van der Waals surface area contributed by atoms with Crippen LogP contribution in [0.3, 0.4) is 0 Å². The molecule has 0 aromatic heterocycles. The number of ketones is 2. The molecule has 140 heavy (non-hydrogen) atoms. The smallest absolute Gasteiger partial charge is 0.410 e. The Bertz CT molecular complexity index is 4010. The number of nitrogens with one attached hydrogen (secondary N) is 4. The average Bonchev–Trinajstić information content (AvgIpc) is 1.05. The normalized spacial score (nSPS) is 18.9. The Balaban J connectivity index is 1.10. The number of aliphatic hydroxyl groups is 4. The van der Waals surface area contributed by atoms with Gasteiger partial charge in [0.1, 0.15) is 48.5 Å². The SMILES string of the molecule is CC[C@H](C)[C@@H]([C@@H](CC(=O)N1CCC[C@H]1[C@H](OC)[C@@H](C)C(=O)C[C@H](C)[C@@H](O)c1ccccc1)OC)N(C)C(=O)[C@@H](CC(=O)[C@H](C(C)C)N(C)C(=O)OCc1ccc(O[C@@H]2O[C@H](C(=O)O)[C@@H](O)[C@H](O)[C@H]2O)c(NC(=O)CCNC(=O)[C@H](CCCCNC(=O)CCOCCOCCOCCOCCOCCOCCOCCOCCOCCOCCOCCOC)NC(=O)[C@@H](CN)N2C(=O)C=CC2=O)c1)C(C)C. The number of hydrogen-bond acceptors (Lipinski definition) is 34. The molecule has 3 aliphatic heterocycles. The molecule has 0 radical (unpaired) electrons. The number of aliphatic hydroxyl groups excluding tert-OH is 4. The summed E-state index contributed by atoms with van der Waals surface area (Å²) in [4.78, 5) is 170. The number of unbranched alkanes of at least 4 members (excludes halogenated alkanes) is 1. The molecule has 2 saturated heterocycles. The summed E-state index contributed by atoms with van der Waals surface area (Å²) in [5.41, 5.74) is 6.56. The first kappa shape index (κ1) is 122. The molecule has 3 heterocycles. The standard InChI is InChI=1S/C97H157N9O34/c1-14-65(6)85(78(125-12)60-83(113)105-33-20-24-73(105)90(126-13)67(8)75(107)57-66(7)86(114)69-21-16-15-17-22-69)103(9)94(120)70(63(2)3)59-76(108)84(64(4)5)104(10)97(123)138-62-68-25-26-77(139-96-89(117)87(115)88(116)91(140-96)95(121)122)72(58-68)101-80(110)29-32-100-92(118)71(102-93(119)74(61-98)106-81(111)27-28-82(106)112)23-18-19-31-99-79(109)30-34-127-37-38-129-41-42-131-45-46-133-49-50-135-53-54-137-56-55-136-52-51-134-48-47-132-44-43-130-40-39-128-36-35-124-11/h15-17,21-22,25-28,58,63-67,70-71,73-74,78,84-91,96,114-117H,14,18-20,23-24,29-57,59-62,98H2,1-13H3,(H,99,109)(H,100,118)(H,101,110)(H,102,119)(H,121,122)/t65-,66-,67-,70-,71-,73-,74+,78+,84-,85-,86+,87-,88-,89+,90+,91-,96+/m0/s1. The molecule has 17 atom stereocenters. The van der Waals surface area contributed by atoms with Gasteiger partial charge in [0.15, 0.2) is 11.9 Å². The van der Waals surface area contributed by atoms with Crippen molar-refractivity contribution in [1.82, 2.24) is 35.6 Å². The molecule has 9 amide bonds. The number of carbonyl (C=O) groups is 12. The zero-order valence-corrected chi connectivity index (χ0v) is 83.8. The number of hydrogen-bond donors (Lipinski definition) is 10. The Hall–Kier alpha value is -8.78. The van der Waals surface area contributed by atoms with Crippen LogP contribution in [0.4, 0.5) is 10.5 Å². The number of rotatable bonds is 77. The molecular formula is C97H157N9O34. The Morgan fingerprint density at radius 3 is 1.61 bits per heavy atom. The molecule has 5 rings (SSSR count). The second kappa shape index (κ2) is 68.5. The van der Waals surface area contributed by atoms with E-state index in [9.17, 15) is 78.3 Å². The largest absolute Gasteiger partial charge is 0.479 e. The summed E-state index contributed by atoms with van der Waals surface area (Å²) in [7, 11) is 7.61. The number of Topliss-reactive ketones (excluding diaryl/α,β-unsaturated/α-hetero) is 2. The number of carboxylic acids is 1. The van der Waals surface area contributed by atoms with E-state index < -0.39 is 188 Å². The lowest BCUT2D eigenvalue weighted by Gasteiger charge is -2.41. The molecule has 3 aliphatic rings. The van der Waals surface area contributed by atoms with Crippen molar-refractivity contribution in [3.05, 3.63) is 71.8 Å². The van der Waals surface area contributed by atoms with Gasteiger partial charge < -0.3 is 148 Å². The van der Waals surface area contributed by atoms with Crippen molar-refractivity contribution in [3.8, 4) is 5.75 Å². The first-order valence-electron chi connectivity index (χ1n) is 48.4. The third-order valence-corrected chi connectivity index (χ3v) is 24.3. The van der Waals surface area contributed by atoms with Gasteiger partial charge in [-0.2, -0.15) is 0 Å². The number of nitrogens with two attached hydrogens (primary N) is 1. The van der Waals surface area contributed by atoms with Gasteiger partial charge in [0.2, 0.25) is 41.7 Å². The molecule has 0 aliphatic carbocycles. The molecular weight excluding hydrogens is 1840 g/mol. The van der Waals surface area contributed by atoms with E-state index in [0.29, 0.717) is 175 Å². The third kappa shape index (κ3) is 42.6. The third-order valence-electron chi connectivity index (χ3n) is 24.3. The molecule has 2 aromatic rings. The van der Waals surface area contributed by atoms with E-state index in [1.807, 2.05) is 51.1 Å². The highest BCUT2D eigenvalue weighted by Gasteiger charge is 2.50. The van der Waals surface area contributed by atoms with Crippen LogP contribution in [0.25, 0.3) is 0 Å². The van der Waals surface area contributed by atoms with Crippen LogP contribution in [-0.4, -0.2) is 403 Å². The molecule has 0 bridgehead atoms. The van der Waals surface area contributed by atoms with Gasteiger partial charge in [-0.15, -0.1) is 0 Å². The number of carbonyl (C=O) groups excluding carboxylic acids is 11. The van der Waals surface area contributed by atoms with Gasteiger partial charge in [-0.05, 0) is 79.0 Å². The van der Waals surface area contributed by atoms with E-state index >= 15 is 4.79 Å². The molecule has 2 fully saturated rings. The minimum absolute atomic E-state index is 0.0192. The van der Waals surface area contributed by atoms with Crippen molar-refractivity contribution in [2.45, 2.75) is 212 Å². The Kier molecular flexibility index (Phi) is 59.5. The van der Waals surface area contributed by atoms with Gasteiger partial charge >= 0.3 is 12.1 Å². The highest BCUT2D eigenvalue weighted by molar-refractivity contribution is 6.15. The molecule has 43 nitrogen and oxygen atoms in total. The second-order valence-electron chi connectivity index (χ2n) is 35.3. The molecule has 43 heteroatoms. The van der Waals surface area contributed by atoms with Crippen LogP contribution in [-0.2, 0) is 135 Å². The van der Waals surface area contributed by atoms with E-state index in [0.717, 1.165) is 17.1 Å². The number of imide groups is 1. The van der Waals surface area contributed by atoms with Crippen LogP contribution >= 0.6 is 0 Å². The van der Waals surface area contributed by atoms with Crippen molar-refractivity contribution >= 4 is 76.6 Å². The van der Waals surface area contributed by atoms with Crippen LogP contribution < -0.4 is 31.7 Å². The van der Waals surface area contributed by atoms with E-state index in [4.69, 9.17) is 86.3 Å². The van der Waals surface area contributed by atoms with Crippen LogP contribution in [0.2, 0.25) is 0 Å². The zero-order chi connectivity index (χ0) is 103. The predicted octanol–water partition coefficient (Wildman–Crippen LogP) is 2.72. The maximum absolute atomic E-state index is 15.1. The summed E-state index contributed by atoms with van der Waals surface area (Å²) < 4.78 is 94.6. The van der Waals surface area contributed by atoms with Gasteiger partial charge in [-0.25, -0.2) is 9.59 Å². The highest BCUT2D eigenvalue weighted by Crippen LogP contribution is 2.36. The number of aliphatic carboxylic acids is 1. The Morgan fingerprint density at radius 1 is 0.579 bits per heavy atom. The van der Waals surface area contributed by atoms with Crippen molar-refractivity contribution in [3.63, 3.8) is 0 Å².